The fourth-order valence-electron chi connectivity index (χ4n) is 3.63. The molecular formula is C23H17N3O6S. The number of hydrogen-bond acceptors (Lipinski definition) is 8. The van der Waals surface area contributed by atoms with Gasteiger partial charge in [0.15, 0.2) is 28.0 Å². The summed E-state index contributed by atoms with van der Waals surface area (Å²) in [6.45, 7) is 2.09. The number of ether oxygens (including phenoxy) is 3. The van der Waals surface area contributed by atoms with Crippen LogP contribution in [0, 0.1) is 17.0 Å². The maximum atomic E-state index is 12.8. The summed E-state index contributed by atoms with van der Waals surface area (Å²) < 4.78 is 17.6. The van der Waals surface area contributed by atoms with Gasteiger partial charge >= 0.3 is 5.69 Å². The van der Waals surface area contributed by atoms with Crippen LogP contribution < -0.4 is 14.2 Å². The monoisotopic (exact) mass is 463 g/mol. The Morgan fingerprint density at radius 1 is 1.24 bits per heavy atom. The summed E-state index contributed by atoms with van der Waals surface area (Å²) in [5.41, 5.74) is 2.02. The van der Waals surface area contributed by atoms with E-state index < -0.39 is 4.92 Å². The highest BCUT2D eigenvalue weighted by molar-refractivity contribution is 7.17. The molecule has 0 N–H and O–H groups in total. The van der Waals surface area contributed by atoms with E-state index in [4.69, 9.17) is 14.2 Å². The molecule has 1 aliphatic heterocycles. The van der Waals surface area contributed by atoms with Gasteiger partial charge in [-0.1, -0.05) is 0 Å². The maximum Gasteiger partial charge on any atom is 0.311 e. The van der Waals surface area contributed by atoms with Gasteiger partial charge in [-0.3, -0.25) is 19.3 Å². The van der Waals surface area contributed by atoms with E-state index in [1.54, 1.807) is 30.3 Å². The van der Waals surface area contributed by atoms with Crippen LogP contribution in [0.2, 0.25) is 0 Å². The van der Waals surface area contributed by atoms with Gasteiger partial charge < -0.3 is 14.2 Å². The van der Waals surface area contributed by atoms with Crippen molar-refractivity contribution in [1.29, 1.82) is 0 Å². The summed E-state index contributed by atoms with van der Waals surface area (Å²) in [4.78, 5) is 30.3. The number of aryl methyl sites for hydroxylation is 1. The quantitative estimate of drug-likeness (QED) is 0.173. The number of carbonyl (C=O) groups excluding carboxylic acids is 1. The third kappa shape index (κ3) is 3.70. The maximum absolute atomic E-state index is 12.8. The van der Waals surface area contributed by atoms with Gasteiger partial charge in [-0.15, -0.1) is 11.3 Å². The Kier molecular flexibility index (Phi) is 5.06. The largest absolute Gasteiger partial charge is 0.490 e. The SMILES string of the molecule is COc1ccc(-c2nc3sc(C)cn3c2/C=C/C(=O)c2ccc3c(c2)OCO3)cc1[N+](=O)[O-]. The molecule has 2 aromatic heterocycles. The lowest BCUT2D eigenvalue weighted by molar-refractivity contribution is -0.385. The number of rotatable bonds is 6. The summed E-state index contributed by atoms with van der Waals surface area (Å²) in [7, 11) is 1.38. The molecule has 0 aliphatic carbocycles. The number of nitrogens with zero attached hydrogens (tertiary/aromatic N) is 3. The summed E-state index contributed by atoms with van der Waals surface area (Å²) >= 11 is 1.49. The number of imidazole rings is 1. The van der Waals surface area contributed by atoms with Crippen LogP contribution >= 0.6 is 11.3 Å². The highest BCUT2D eigenvalue weighted by Gasteiger charge is 2.21. The first-order valence-electron chi connectivity index (χ1n) is 9.88. The van der Waals surface area contributed by atoms with Crippen molar-refractivity contribution in [2.75, 3.05) is 13.9 Å². The predicted molar refractivity (Wildman–Crippen MR) is 122 cm³/mol. The van der Waals surface area contributed by atoms with Gasteiger partial charge in [-0.25, -0.2) is 4.98 Å². The van der Waals surface area contributed by atoms with E-state index in [0.29, 0.717) is 34.0 Å². The van der Waals surface area contributed by atoms with Gasteiger partial charge in [0.2, 0.25) is 6.79 Å². The Morgan fingerprint density at radius 2 is 2.06 bits per heavy atom. The molecule has 0 atom stereocenters. The number of aromatic nitrogens is 2. The first kappa shape index (κ1) is 20.7. The van der Waals surface area contributed by atoms with Crippen LogP contribution in [-0.4, -0.2) is 34.0 Å². The number of hydrogen-bond donors (Lipinski definition) is 0. The van der Waals surface area contributed by atoms with E-state index in [0.717, 1.165) is 9.84 Å². The molecule has 33 heavy (non-hydrogen) atoms. The molecular weight excluding hydrogens is 446 g/mol. The number of fused-ring (bicyclic) bond motifs is 2. The molecule has 3 heterocycles. The zero-order valence-corrected chi connectivity index (χ0v) is 18.4. The van der Waals surface area contributed by atoms with E-state index in [1.165, 1.54) is 36.7 Å². The van der Waals surface area contributed by atoms with Crippen molar-refractivity contribution in [2.45, 2.75) is 6.92 Å². The number of allylic oxidation sites excluding steroid dienone is 1. The summed E-state index contributed by atoms with van der Waals surface area (Å²) in [5, 5.41) is 11.5. The van der Waals surface area contributed by atoms with Crippen molar-refractivity contribution in [3.63, 3.8) is 0 Å². The number of carbonyl (C=O) groups is 1. The van der Waals surface area contributed by atoms with Gasteiger partial charge in [-0.05, 0) is 49.4 Å². The molecule has 0 saturated carbocycles. The van der Waals surface area contributed by atoms with Crippen molar-refractivity contribution in [2.24, 2.45) is 0 Å². The third-order valence-corrected chi connectivity index (χ3v) is 6.08. The average Bonchev–Trinajstić information content (AvgIpc) is 3.50. The summed E-state index contributed by atoms with van der Waals surface area (Å²) in [6, 6.07) is 9.69. The minimum absolute atomic E-state index is 0.130. The van der Waals surface area contributed by atoms with Gasteiger partial charge in [0, 0.05) is 28.3 Å². The predicted octanol–water partition coefficient (Wildman–Crippen LogP) is 4.91. The molecule has 10 heteroatoms. The zero-order chi connectivity index (χ0) is 23.1. The number of methoxy groups -OCH3 is 1. The summed E-state index contributed by atoms with van der Waals surface area (Å²) in [6.07, 6.45) is 5.04. The molecule has 0 amide bonds. The van der Waals surface area contributed by atoms with Gasteiger partial charge in [-0.2, -0.15) is 0 Å². The molecule has 4 aromatic rings. The zero-order valence-electron chi connectivity index (χ0n) is 17.6. The lowest BCUT2D eigenvalue weighted by Crippen LogP contribution is -1.96. The minimum Gasteiger partial charge on any atom is -0.490 e. The van der Waals surface area contributed by atoms with Gasteiger partial charge in [0.25, 0.3) is 0 Å². The Bertz CT molecular complexity index is 1450. The van der Waals surface area contributed by atoms with Crippen molar-refractivity contribution in [1.82, 2.24) is 9.38 Å². The van der Waals surface area contributed by atoms with Crippen LogP contribution in [0.25, 0.3) is 22.3 Å². The van der Waals surface area contributed by atoms with Gasteiger partial charge in [0.1, 0.15) is 0 Å². The second-order valence-electron chi connectivity index (χ2n) is 7.25. The molecule has 9 nitrogen and oxygen atoms in total. The Labute approximate surface area is 191 Å². The Morgan fingerprint density at radius 3 is 2.85 bits per heavy atom. The van der Waals surface area contributed by atoms with Crippen LogP contribution in [0.3, 0.4) is 0 Å². The number of nitro benzene ring substituents is 1. The molecule has 166 valence electrons. The topological polar surface area (TPSA) is 105 Å². The van der Waals surface area contributed by atoms with E-state index in [9.17, 15) is 14.9 Å². The van der Waals surface area contributed by atoms with Crippen molar-refractivity contribution in [3.05, 3.63) is 74.9 Å². The first-order chi connectivity index (χ1) is 15.9. The number of ketones is 1. The van der Waals surface area contributed by atoms with E-state index in [-0.39, 0.29) is 24.0 Å². The molecule has 0 saturated heterocycles. The molecule has 0 bridgehead atoms. The van der Waals surface area contributed by atoms with Crippen molar-refractivity contribution < 1.29 is 23.9 Å². The molecule has 0 unspecified atom stereocenters. The number of nitro groups is 1. The van der Waals surface area contributed by atoms with Crippen LogP contribution in [-0.2, 0) is 0 Å². The van der Waals surface area contributed by atoms with Crippen molar-refractivity contribution in [3.8, 4) is 28.5 Å². The minimum atomic E-state index is -0.496. The summed E-state index contributed by atoms with van der Waals surface area (Å²) in [5.74, 6) is 1.07. The first-order valence-corrected chi connectivity index (χ1v) is 10.7. The normalized spacial score (nSPS) is 12.5. The van der Waals surface area contributed by atoms with Crippen LogP contribution in [0.1, 0.15) is 20.9 Å². The second-order valence-corrected chi connectivity index (χ2v) is 8.46. The van der Waals surface area contributed by atoms with Crippen LogP contribution in [0.15, 0.2) is 48.7 Å². The molecule has 1 aliphatic rings. The average molecular weight is 463 g/mol. The van der Waals surface area contributed by atoms with E-state index in [2.05, 4.69) is 4.98 Å². The van der Waals surface area contributed by atoms with Gasteiger partial charge in [0.05, 0.1) is 23.4 Å². The van der Waals surface area contributed by atoms with E-state index >= 15 is 0 Å². The van der Waals surface area contributed by atoms with E-state index in [1.807, 2.05) is 17.5 Å². The molecule has 2 aromatic carbocycles. The van der Waals surface area contributed by atoms with Crippen LogP contribution in [0.4, 0.5) is 5.69 Å². The fourth-order valence-corrected chi connectivity index (χ4v) is 4.46. The highest BCUT2D eigenvalue weighted by atomic mass is 32.1. The molecule has 0 radical (unpaired) electrons. The molecule has 0 fully saturated rings. The second kappa shape index (κ2) is 8.06. The Balaban J connectivity index is 1.57. The third-order valence-electron chi connectivity index (χ3n) is 5.18. The lowest BCUT2D eigenvalue weighted by Gasteiger charge is -2.05. The molecule has 0 spiro atoms. The number of thiazole rings is 1. The smallest absolute Gasteiger partial charge is 0.311 e. The fraction of sp³-hybridized carbons (Fsp3) is 0.130. The standard InChI is InChI=1S/C23H17N3O6S/c1-13-11-25-16(5-6-18(27)14-3-8-20-21(10-14)32-12-31-20)22(24-23(25)33-13)15-4-7-19(30-2)17(9-15)26(28)29/h3-11H,12H2,1-2H3/b6-5+. The molecule has 5 rings (SSSR count). The highest BCUT2D eigenvalue weighted by Crippen LogP contribution is 2.36. The lowest BCUT2D eigenvalue weighted by atomic mass is 10.1. The van der Waals surface area contributed by atoms with Crippen LogP contribution in [0.5, 0.6) is 17.2 Å². The van der Waals surface area contributed by atoms with Crippen molar-refractivity contribution >= 4 is 33.8 Å². The number of benzene rings is 2. The Hall–Kier alpha value is -4.18.